The minimum absolute atomic E-state index is 0.0878. The van der Waals surface area contributed by atoms with Gasteiger partial charge < -0.3 is 9.47 Å². The first kappa shape index (κ1) is 26.6. The second-order valence-electron chi connectivity index (χ2n) is 7.18. The fourth-order valence-corrected chi connectivity index (χ4v) is 7.93. The number of hydrogen-bond acceptors (Lipinski definition) is 4. The van der Waals surface area contributed by atoms with E-state index in [0.29, 0.717) is 8.84 Å². The van der Waals surface area contributed by atoms with Crippen molar-refractivity contribution in [3.63, 3.8) is 0 Å². The van der Waals surface area contributed by atoms with Crippen molar-refractivity contribution in [3.8, 4) is 0 Å². The lowest BCUT2D eigenvalue weighted by atomic mass is 10.4. The van der Waals surface area contributed by atoms with Crippen molar-refractivity contribution in [2.24, 2.45) is 0 Å². The Morgan fingerprint density at radius 1 is 0.686 bits per heavy atom. The van der Waals surface area contributed by atoms with E-state index in [9.17, 15) is 9.59 Å². The van der Waals surface area contributed by atoms with E-state index in [1.165, 1.54) is 0 Å². The molecule has 6 nitrogen and oxygen atoms in total. The molecule has 0 aliphatic heterocycles. The van der Waals surface area contributed by atoms with Crippen molar-refractivity contribution in [2.45, 2.75) is 13.8 Å². The molecule has 0 saturated carbocycles. The molecule has 182 valence electrons. The number of benzene rings is 3. The van der Waals surface area contributed by atoms with E-state index in [-0.39, 0.29) is 19.0 Å². The van der Waals surface area contributed by atoms with E-state index in [4.69, 9.17) is 33.0 Å². The number of carbonyl (C=O) groups is 2. The summed E-state index contributed by atoms with van der Waals surface area (Å²) < 4.78 is 11.6. The largest absolute Gasteiger partial charge is 0.449 e. The third kappa shape index (κ3) is 5.96. The lowest BCUT2D eigenvalue weighted by Crippen LogP contribution is -2.36. The van der Waals surface area contributed by atoms with E-state index in [1.54, 1.807) is 19.7 Å². The first-order valence-corrected chi connectivity index (χ1v) is 13.5. The molecule has 9 heteroatoms. The Labute approximate surface area is 216 Å². The molecular formula is C26H26Cl2N2O4P+. The molecule has 3 aromatic carbocycles. The van der Waals surface area contributed by atoms with Gasteiger partial charge in [0.25, 0.3) is 0 Å². The van der Waals surface area contributed by atoms with Gasteiger partial charge in [0, 0.05) is 23.6 Å². The summed E-state index contributed by atoms with van der Waals surface area (Å²) in [5.74, 6) is 1.69. The van der Waals surface area contributed by atoms with Crippen molar-refractivity contribution in [1.29, 1.82) is 0 Å². The number of carbonyl (C=O) groups excluding carboxylic acids is 2. The normalized spacial score (nSPS) is 10.7. The molecule has 0 heterocycles. The maximum atomic E-state index is 12.7. The SMILES string of the molecule is CCOC(=O)N(Cl)C(=C[P+](c1ccccc1)(c1ccccc1)c1ccccc1)N(Cl)C(=O)OCC. The van der Waals surface area contributed by atoms with Gasteiger partial charge in [-0.2, -0.15) is 8.84 Å². The van der Waals surface area contributed by atoms with Crippen molar-refractivity contribution < 1.29 is 19.1 Å². The van der Waals surface area contributed by atoms with E-state index in [1.807, 2.05) is 91.0 Å². The predicted octanol–water partition coefficient (Wildman–Crippen LogP) is 6.00. The maximum Gasteiger partial charge on any atom is 0.430 e. The zero-order valence-electron chi connectivity index (χ0n) is 19.4. The minimum atomic E-state index is -2.66. The highest BCUT2D eigenvalue weighted by atomic mass is 35.5. The van der Waals surface area contributed by atoms with Gasteiger partial charge in [-0.1, -0.05) is 54.6 Å². The van der Waals surface area contributed by atoms with Crippen LogP contribution in [0, 0.1) is 0 Å². The highest BCUT2D eigenvalue weighted by Crippen LogP contribution is 2.58. The molecule has 0 saturated heterocycles. The van der Waals surface area contributed by atoms with Gasteiger partial charge in [-0.25, -0.2) is 9.59 Å². The molecule has 0 aliphatic carbocycles. The van der Waals surface area contributed by atoms with Crippen molar-refractivity contribution in [3.05, 3.63) is 103 Å². The summed E-state index contributed by atoms with van der Waals surface area (Å²) in [4.78, 5) is 25.3. The van der Waals surface area contributed by atoms with Gasteiger partial charge in [-0.05, 0) is 50.2 Å². The molecule has 0 bridgehead atoms. The first-order chi connectivity index (χ1) is 17.0. The van der Waals surface area contributed by atoms with E-state index >= 15 is 0 Å². The fourth-order valence-electron chi connectivity index (χ4n) is 3.56. The van der Waals surface area contributed by atoms with Gasteiger partial charge >= 0.3 is 12.2 Å². The molecule has 0 fully saturated rings. The number of amides is 2. The summed E-state index contributed by atoms with van der Waals surface area (Å²) in [6.45, 7) is 3.50. The minimum Gasteiger partial charge on any atom is -0.449 e. The number of halogens is 2. The molecule has 0 N–H and O–H groups in total. The number of ether oxygens (including phenoxy) is 2. The van der Waals surface area contributed by atoms with Crippen LogP contribution in [0.5, 0.6) is 0 Å². The standard InChI is InChI=1S/C26H26Cl2N2O4P/c1-3-33-25(31)29(27)24(30(28)26(32)34-4-2)20-35(21-14-8-5-9-15-21,22-16-10-6-11-17-22)23-18-12-7-13-19-23/h5-20H,3-4H2,1-2H3/q+1. The van der Waals surface area contributed by atoms with E-state index < -0.39 is 19.4 Å². The van der Waals surface area contributed by atoms with Crippen molar-refractivity contribution in [1.82, 2.24) is 8.84 Å². The summed E-state index contributed by atoms with van der Waals surface area (Å²) in [5.41, 5.74) is 0. The lowest BCUT2D eigenvalue weighted by molar-refractivity contribution is 0.122. The van der Waals surface area contributed by atoms with E-state index in [2.05, 4.69) is 0 Å². The Morgan fingerprint density at radius 3 is 1.29 bits per heavy atom. The molecule has 3 rings (SSSR count). The van der Waals surface area contributed by atoms with Crippen LogP contribution >= 0.6 is 30.8 Å². The van der Waals surface area contributed by atoms with Gasteiger partial charge in [0.15, 0.2) is 5.82 Å². The monoisotopic (exact) mass is 531 g/mol. The van der Waals surface area contributed by atoms with Crippen LogP contribution in [-0.4, -0.2) is 34.2 Å². The Kier molecular flexibility index (Phi) is 9.55. The van der Waals surface area contributed by atoms with E-state index in [0.717, 1.165) is 15.9 Å². The molecule has 0 aliphatic rings. The average Bonchev–Trinajstić information content (AvgIpc) is 2.90. The van der Waals surface area contributed by atoms with Crippen LogP contribution in [0.15, 0.2) is 103 Å². The zero-order valence-corrected chi connectivity index (χ0v) is 21.8. The van der Waals surface area contributed by atoms with Crippen LogP contribution in [0.2, 0.25) is 0 Å². The van der Waals surface area contributed by atoms with Crippen LogP contribution in [0.3, 0.4) is 0 Å². The van der Waals surface area contributed by atoms with Gasteiger partial charge in [-0.3, -0.25) is 0 Å². The van der Waals surface area contributed by atoms with Crippen LogP contribution in [0.4, 0.5) is 9.59 Å². The summed E-state index contributed by atoms with van der Waals surface area (Å²) in [6.07, 6.45) is -1.75. The number of rotatable bonds is 8. The molecule has 0 unspecified atom stereocenters. The molecular weight excluding hydrogens is 506 g/mol. The molecule has 0 spiro atoms. The van der Waals surface area contributed by atoms with Crippen LogP contribution in [-0.2, 0) is 9.47 Å². The molecule has 0 aromatic heterocycles. The second kappa shape index (κ2) is 12.6. The lowest BCUT2D eigenvalue weighted by Gasteiger charge is -2.28. The average molecular weight is 532 g/mol. The summed E-state index contributed by atoms with van der Waals surface area (Å²) in [6, 6.07) is 29.5. The van der Waals surface area contributed by atoms with Crippen LogP contribution < -0.4 is 15.9 Å². The summed E-state index contributed by atoms with van der Waals surface area (Å²) in [7, 11) is -2.66. The summed E-state index contributed by atoms with van der Waals surface area (Å²) in [5, 5.41) is 2.91. The smallest absolute Gasteiger partial charge is 0.430 e. The second-order valence-corrected chi connectivity index (χ2v) is 11.1. The van der Waals surface area contributed by atoms with Gasteiger partial charge in [0.2, 0.25) is 0 Å². The third-order valence-corrected chi connectivity index (χ3v) is 9.64. The first-order valence-electron chi connectivity index (χ1n) is 11.0. The van der Waals surface area contributed by atoms with Crippen molar-refractivity contribution >= 4 is 58.9 Å². The Bertz CT molecular complexity index is 1030. The Balaban J connectivity index is 2.39. The molecule has 3 aromatic rings. The molecule has 0 radical (unpaired) electrons. The van der Waals surface area contributed by atoms with Crippen LogP contribution in [0.1, 0.15) is 13.8 Å². The maximum absolute atomic E-state index is 12.7. The highest BCUT2D eigenvalue weighted by molar-refractivity contribution is 7.98. The van der Waals surface area contributed by atoms with Crippen LogP contribution in [0.25, 0.3) is 0 Å². The van der Waals surface area contributed by atoms with Gasteiger partial charge in [0.1, 0.15) is 29.0 Å². The van der Waals surface area contributed by atoms with Crippen molar-refractivity contribution in [2.75, 3.05) is 13.2 Å². The third-order valence-electron chi connectivity index (χ3n) is 5.06. The topological polar surface area (TPSA) is 59.1 Å². The molecule has 0 atom stereocenters. The number of nitrogens with zero attached hydrogens (tertiary/aromatic N) is 2. The Hall–Kier alpha value is -3.05. The zero-order chi connectivity index (χ0) is 25.3. The predicted molar refractivity (Wildman–Crippen MR) is 143 cm³/mol. The van der Waals surface area contributed by atoms with Gasteiger partial charge in [0.05, 0.1) is 13.2 Å². The molecule has 35 heavy (non-hydrogen) atoms. The quantitative estimate of drug-likeness (QED) is 0.264. The Morgan fingerprint density at radius 2 is 1.00 bits per heavy atom. The highest BCUT2D eigenvalue weighted by Gasteiger charge is 2.46. The van der Waals surface area contributed by atoms with Gasteiger partial charge in [-0.15, -0.1) is 0 Å². The molecule has 2 amide bonds. The fraction of sp³-hybridized carbons (Fsp3) is 0.154. The number of hydrogen-bond donors (Lipinski definition) is 0. The summed E-state index contributed by atoms with van der Waals surface area (Å²) >= 11 is 12.9.